The Morgan fingerprint density at radius 1 is 1.15 bits per heavy atom. The molecule has 3 rings (SSSR count). The molecule has 2 unspecified atom stereocenters. The van der Waals surface area contributed by atoms with E-state index in [0.717, 1.165) is 50.9 Å². The van der Waals surface area contributed by atoms with Crippen LogP contribution in [-0.4, -0.2) is 72.4 Å². The predicted octanol–water partition coefficient (Wildman–Crippen LogP) is -0.180. The molecule has 152 valence electrons. The number of carbonyl (C=O) groups is 2. The molecule has 0 bridgehead atoms. The number of amides is 2. The van der Waals surface area contributed by atoms with Gasteiger partial charge in [0, 0.05) is 31.4 Å². The number of nitrogens with one attached hydrogen (secondary N) is 1. The number of piperidine rings is 1. The lowest BCUT2D eigenvalue weighted by atomic mass is 9.88. The van der Waals surface area contributed by atoms with Crippen molar-refractivity contribution in [2.45, 2.75) is 50.6 Å². The Kier molecular flexibility index (Phi) is 6.26. The number of rotatable bonds is 6. The van der Waals surface area contributed by atoms with Crippen LogP contribution in [0.4, 0.5) is 0 Å². The summed E-state index contributed by atoms with van der Waals surface area (Å²) in [6, 6.07) is -0.865. The van der Waals surface area contributed by atoms with E-state index in [1.807, 2.05) is 0 Å². The molecule has 0 aromatic carbocycles. The number of hydrogen-bond donors (Lipinski definition) is 3. The summed E-state index contributed by atoms with van der Waals surface area (Å²) in [5.74, 6) is 6.80. The average molecular weight is 379 g/mol. The van der Waals surface area contributed by atoms with E-state index < -0.39 is 12.1 Å². The Balaban J connectivity index is 1.80. The van der Waals surface area contributed by atoms with E-state index in [-0.39, 0.29) is 17.7 Å². The summed E-state index contributed by atoms with van der Waals surface area (Å²) in [6.07, 6.45) is 7.31. The third-order valence-corrected chi connectivity index (χ3v) is 6.22. The molecule has 27 heavy (non-hydrogen) atoms. The van der Waals surface area contributed by atoms with Crippen molar-refractivity contribution in [2.75, 3.05) is 33.7 Å². The van der Waals surface area contributed by atoms with Crippen molar-refractivity contribution in [1.82, 2.24) is 20.1 Å². The number of nitrogens with two attached hydrogens (primary N) is 2. The van der Waals surface area contributed by atoms with Gasteiger partial charge in [-0.2, -0.15) is 0 Å². The van der Waals surface area contributed by atoms with Crippen LogP contribution in [0.2, 0.25) is 0 Å². The summed E-state index contributed by atoms with van der Waals surface area (Å²) < 4.78 is 0. The zero-order valence-corrected chi connectivity index (χ0v) is 16.6. The van der Waals surface area contributed by atoms with E-state index in [9.17, 15) is 9.59 Å². The molecule has 3 aliphatic rings. The third kappa shape index (κ3) is 4.55. The van der Waals surface area contributed by atoms with Gasteiger partial charge < -0.3 is 25.9 Å². The van der Waals surface area contributed by atoms with E-state index in [1.54, 1.807) is 18.1 Å². The molecule has 1 aliphatic carbocycles. The van der Waals surface area contributed by atoms with Crippen molar-refractivity contribution in [3.8, 4) is 0 Å². The van der Waals surface area contributed by atoms with Crippen molar-refractivity contribution in [1.29, 1.82) is 0 Å². The highest BCUT2D eigenvalue weighted by atomic mass is 16.2. The van der Waals surface area contributed by atoms with Gasteiger partial charge in [0.05, 0.1) is 0 Å². The molecule has 1 saturated carbocycles. The van der Waals surface area contributed by atoms with E-state index >= 15 is 0 Å². The molecule has 8 nitrogen and oxygen atoms in total. The van der Waals surface area contributed by atoms with Crippen molar-refractivity contribution in [3.63, 3.8) is 0 Å². The summed E-state index contributed by atoms with van der Waals surface area (Å²) in [4.78, 5) is 29.7. The first kappa shape index (κ1) is 19.9. The first-order chi connectivity index (χ1) is 12.9. The van der Waals surface area contributed by atoms with Crippen molar-refractivity contribution >= 4 is 11.8 Å². The second kappa shape index (κ2) is 8.48. The highest BCUT2D eigenvalue weighted by Crippen LogP contribution is 2.34. The van der Waals surface area contributed by atoms with Gasteiger partial charge >= 0.3 is 0 Å². The van der Waals surface area contributed by atoms with Gasteiger partial charge in [-0.05, 0) is 64.6 Å². The molecule has 2 aliphatic heterocycles. The molecular formula is C19H34N6O2. The Morgan fingerprint density at radius 2 is 1.81 bits per heavy atom. The summed E-state index contributed by atoms with van der Waals surface area (Å²) in [5.41, 5.74) is 6.92. The number of likely N-dealkylation sites (tertiary alicyclic amines) is 2. The summed E-state index contributed by atoms with van der Waals surface area (Å²) in [6.45, 7) is 2.50. The van der Waals surface area contributed by atoms with Crippen LogP contribution in [-0.2, 0) is 9.59 Å². The Morgan fingerprint density at radius 3 is 2.41 bits per heavy atom. The first-order valence-corrected chi connectivity index (χ1v) is 10.1. The maximum atomic E-state index is 13.5. The summed E-state index contributed by atoms with van der Waals surface area (Å²) >= 11 is 0. The fraction of sp³-hybridized carbons (Fsp3) is 0.789. The van der Waals surface area contributed by atoms with E-state index in [2.05, 4.69) is 17.3 Å². The normalized spacial score (nSPS) is 26.1. The number of hydrazine groups is 1. The fourth-order valence-corrected chi connectivity index (χ4v) is 4.33. The monoisotopic (exact) mass is 378 g/mol. The van der Waals surface area contributed by atoms with Gasteiger partial charge in [-0.25, -0.2) is 5.84 Å². The second-order valence-corrected chi connectivity index (χ2v) is 8.24. The van der Waals surface area contributed by atoms with Crippen LogP contribution in [0.5, 0.6) is 0 Å². The maximum Gasteiger partial charge on any atom is 0.247 e. The molecular weight excluding hydrogens is 344 g/mol. The predicted molar refractivity (Wildman–Crippen MR) is 104 cm³/mol. The molecule has 0 aromatic rings. The van der Waals surface area contributed by atoms with Crippen molar-refractivity contribution in [2.24, 2.45) is 23.4 Å². The van der Waals surface area contributed by atoms with E-state index in [1.165, 1.54) is 5.01 Å². The van der Waals surface area contributed by atoms with Crippen LogP contribution in [0.1, 0.15) is 38.5 Å². The molecule has 0 spiro atoms. The zero-order valence-electron chi connectivity index (χ0n) is 16.6. The minimum atomic E-state index is -0.471. The van der Waals surface area contributed by atoms with Gasteiger partial charge in [-0.1, -0.05) is 0 Å². The summed E-state index contributed by atoms with van der Waals surface area (Å²) in [7, 11) is 3.71. The van der Waals surface area contributed by atoms with Crippen LogP contribution >= 0.6 is 0 Å². The molecule has 3 fully saturated rings. The number of nitrogens with zero attached hydrogens (tertiary/aromatic N) is 3. The lowest BCUT2D eigenvalue weighted by Gasteiger charge is -2.39. The molecule has 0 aromatic heterocycles. The fourth-order valence-electron chi connectivity index (χ4n) is 4.33. The highest BCUT2D eigenvalue weighted by molar-refractivity contribution is 5.90. The van der Waals surface area contributed by atoms with E-state index in [4.69, 9.17) is 11.6 Å². The SMILES string of the molecule is CNC(=O)C1CCCN1C(=O)C(C1CCN(C)CC1)N(N)/C=C(\N)C1CC1. The second-order valence-electron chi connectivity index (χ2n) is 8.24. The van der Waals surface area contributed by atoms with Crippen LogP contribution < -0.4 is 16.9 Å². The number of allylic oxidation sites excluding steroid dienone is 1. The molecule has 8 heteroatoms. The van der Waals surface area contributed by atoms with Crippen molar-refractivity contribution in [3.05, 3.63) is 11.9 Å². The van der Waals surface area contributed by atoms with Gasteiger partial charge in [0.1, 0.15) is 12.1 Å². The zero-order chi connectivity index (χ0) is 19.6. The number of carbonyl (C=O) groups excluding carboxylic acids is 2. The lowest BCUT2D eigenvalue weighted by molar-refractivity contribution is -0.144. The van der Waals surface area contributed by atoms with Crippen LogP contribution in [0.3, 0.4) is 0 Å². The number of hydrogen-bond acceptors (Lipinski definition) is 6. The topological polar surface area (TPSA) is 108 Å². The molecule has 2 atom stereocenters. The third-order valence-electron chi connectivity index (χ3n) is 6.22. The first-order valence-electron chi connectivity index (χ1n) is 10.1. The smallest absolute Gasteiger partial charge is 0.247 e. The standard InChI is InChI=1S/C19H34N6O2/c1-22-18(26)16-4-3-9-24(16)19(27)17(14-7-10-23(2)11-8-14)25(21)12-15(20)13-5-6-13/h12-14,16-17H,3-11,20-21H2,1-2H3,(H,22,26)/b15-12-. The van der Waals surface area contributed by atoms with Crippen LogP contribution in [0.15, 0.2) is 11.9 Å². The Bertz CT molecular complexity index is 583. The molecule has 5 N–H and O–H groups in total. The molecule has 2 amide bonds. The average Bonchev–Trinajstić information content (AvgIpc) is 3.39. The minimum Gasteiger partial charge on any atom is -0.401 e. The van der Waals surface area contributed by atoms with Gasteiger partial charge in [-0.3, -0.25) is 9.59 Å². The van der Waals surface area contributed by atoms with Gasteiger partial charge in [-0.15, -0.1) is 0 Å². The largest absolute Gasteiger partial charge is 0.401 e. The summed E-state index contributed by atoms with van der Waals surface area (Å²) in [5, 5.41) is 4.22. The number of likely N-dealkylation sites (N-methyl/N-ethyl adjacent to an activating group) is 1. The van der Waals surface area contributed by atoms with E-state index in [0.29, 0.717) is 18.9 Å². The lowest BCUT2D eigenvalue weighted by Crippen LogP contribution is -2.57. The Labute approximate surface area is 161 Å². The quantitative estimate of drug-likeness (QED) is 0.437. The van der Waals surface area contributed by atoms with Gasteiger partial charge in [0.2, 0.25) is 11.8 Å². The Hall–Kier alpha value is -1.80. The van der Waals surface area contributed by atoms with Crippen LogP contribution in [0, 0.1) is 11.8 Å². The van der Waals surface area contributed by atoms with Crippen molar-refractivity contribution < 1.29 is 9.59 Å². The minimum absolute atomic E-state index is 0.0435. The maximum absolute atomic E-state index is 13.5. The van der Waals surface area contributed by atoms with Gasteiger partial charge in [0.25, 0.3) is 0 Å². The molecule has 2 heterocycles. The molecule has 0 radical (unpaired) electrons. The van der Waals surface area contributed by atoms with Gasteiger partial charge in [0.15, 0.2) is 0 Å². The van der Waals surface area contributed by atoms with Crippen LogP contribution in [0.25, 0.3) is 0 Å². The molecule has 2 saturated heterocycles. The highest BCUT2D eigenvalue weighted by Gasteiger charge is 2.42.